The molecule has 110 valence electrons. The fraction of sp³-hybridized carbons (Fsp3) is 0.400. The van der Waals surface area contributed by atoms with Crippen LogP contribution in [-0.2, 0) is 4.79 Å². The van der Waals surface area contributed by atoms with Crippen molar-refractivity contribution in [2.24, 2.45) is 0 Å². The van der Waals surface area contributed by atoms with Gasteiger partial charge in [-0.25, -0.2) is 9.97 Å². The van der Waals surface area contributed by atoms with Gasteiger partial charge in [-0.2, -0.15) is 0 Å². The van der Waals surface area contributed by atoms with Crippen LogP contribution in [0.5, 0.6) is 0 Å². The Labute approximate surface area is 123 Å². The number of aromatic nitrogens is 3. The predicted octanol–water partition coefficient (Wildman–Crippen LogP) is 1.71. The molecule has 3 heterocycles. The summed E-state index contributed by atoms with van der Waals surface area (Å²) in [4.78, 5) is 22.7. The highest BCUT2D eigenvalue weighted by atomic mass is 16.2. The minimum Gasteiger partial charge on any atom is -0.384 e. The molecule has 0 spiro atoms. The molecule has 0 aromatic carbocycles. The van der Waals surface area contributed by atoms with Crippen LogP contribution in [0, 0.1) is 0 Å². The lowest BCUT2D eigenvalue weighted by molar-refractivity contribution is -0.133. The van der Waals surface area contributed by atoms with E-state index < -0.39 is 0 Å². The lowest BCUT2D eigenvalue weighted by Crippen LogP contribution is -2.33. The first-order valence-electron chi connectivity index (χ1n) is 7.19. The van der Waals surface area contributed by atoms with Crippen molar-refractivity contribution in [3.63, 3.8) is 0 Å². The molecule has 1 atom stereocenters. The summed E-state index contributed by atoms with van der Waals surface area (Å²) in [6.45, 7) is 3.63. The molecule has 21 heavy (non-hydrogen) atoms. The van der Waals surface area contributed by atoms with Crippen molar-refractivity contribution in [1.82, 2.24) is 19.4 Å². The van der Waals surface area contributed by atoms with E-state index in [9.17, 15) is 4.79 Å². The number of imidazole rings is 1. The molecule has 0 bridgehead atoms. The molecule has 1 aliphatic rings. The molecule has 1 aliphatic heterocycles. The summed E-state index contributed by atoms with van der Waals surface area (Å²) < 4.78 is 1.90. The lowest BCUT2D eigenvalue weighted by atomic mass is 10.2. The Morgan fingerprint density at radius 2 is 2.05 bits per heavy atom. The number of amides is 1. The number of hydrogen-bond acceptors (Lipinski definition) is 4. The van der Waals surface area contributed by atoms with Crippen LogP contribution in [0.1, 0.15) is 25.8 Å². The SMILES string of the molecule is CC(C(=O)N1CCCC1)n1cncc1-c1ccc(N)nc1. The van der Waals surface area contributed by atoms with Crippen LogP contribution in [0.25, 0.3) is 11.3 Å². The predicted molar refractivity (Wildman–Crippen MR) is 80.4 cm³/mol. The van der Waals surface area contributed by atoms with Gasteiger partial charge in [0.1, 0.15) is 11.9 Å². The third-order valence-corrected chi connectivity index (χ3v) is 3.94. The third-order valence-electron chi connectivity index (χ3n) is 3.94. The van der Waals surface area contributed by atoms with Crippen LogP contribution >= 0.6 is 0 Å². The Morgan fingerprint density at radius 3 is 2.71 bits per heavy atom. The number of carbonyl (C=O) groups excluding carboxylic acids is 1. The summed E-state index contributed by atoms with van der Waals surface area (Å²) in [7, 11) is 0. The smallest absolute Gasteiger partial charge is 0.245 e. The second kappa shape index (κ2) is 5.55. The van der Waals surface area contributed by atoms with Crippen LogP contribution in [0.15, 0.2) is 30.9 Å². The highest BCUT2D eigenvalue weighted by Gasteiger charge is 2.25. The topological polar surface area (TPSA) is 77.0 Å². The van der Waals surface area contributed by atoms with Gasteiger partial charge >= 0.3 is 0 Å². The van der Waals surface area contributed by atoms with E-state index in [1.807, 2.05) is 22.5 Å². The Kier molecular flexibility index (Phi) is 3.60. The van der Waals surface area contributed by atoms with Crippen LogP contribution < -0.4 is 5.73 Å². The maximum absolute atomic E-state index is 12.5. The van der Waals surface area contributed by atoms with Crippen LogP contribution in [0.3, 0.4) is 0 Å². The summed E-state index contributed by atoms with van der Waals surface area (Å²) >= 11 is 0. The maximum Gasteiger partial charge on any atom is 0.245 e. The zero-order chi connectivity index (χ0) is 14.8. The maximum atomic E-state index is 12.5. The van der Waals surface area contributed by atoms with Crippen molar-refractivity contribution in [1.29, 1.82) is 0 Å². The van der Waals surface area contributed by atoms with Crippen LogP contribution in [-0.4, -0.2) is 38.4 Å². The third kappa shape index (κ3) is 2.61. The molecule has 2 aromatic heterocycles. The Hall–Kier alpha value is -2.37. The highest BCUT2D eigenvalue weighted by Crippen LogP contribution is 2.24. The molecular formula is C15H19N5O. The summed E-state index contributed by atoms with van der Waals surface area (Å²) in [5, 5.41) is 0. The highest BCUT2D eigenvalue weighted by molar-refractivity contribution is 5.81. The van der Waals surface area contributed by atoms with Crippen LogP contribution in [0.2, 0.25) is 0 Å². The summed E-state index contributed by atoms with van der Waals surface area (Å²) in [6, 6.07) is 3.38. The van der Waals surface area contributed by atoms with Gasteiger partial charge in [0.2, 0.25) is 5.91 Å². The molecule has 2 N–H and O–H groups in total. The fourth-order valence-corrected chi connectivity index (χ4v) is 2.71. The van der Waals surface area contributed by atoms with Gasteiger partial charge in [0.15, 0.2) is 0 Å². The number of likely N-dealkylation sites (tertiary alicyclic amines) is 1. The number of hydrogen-bond donors (Lipinski definition) is 1. The van der Waals surface area contributed by atoms with Gasteiger partial charge in [-0.15, -0.1) is 0 Å². The molecule has 0 saturated carbocycles. The number of nitrogens with zero attached hydrogens (tertiary/aromatic N) is 4. The van der Waals surface area contributed by atoms with Crippen molar-refractivity contribution in [3.8, 4) is 11.3 Å². The number of rotatable bonds is 3. The van der Waals surface area contributed by atoms with E-state index in [1.54, 1.807) is 24.8 Å². The second-order valence-corrected chi connectivity index (χ2v) is 5.37. The van der Waals surface area contributed by atoms with Gasteiger partial charge < -0.3 is 15.2 Å². The number of nitrogens with two attached hydrogens (primary N) is 1. The molecular weight excluding hydrogens is 266 g/mol. The standard InChI is InChI=1S/C15H19N5O/c1-11(15(21)19-6-2-3-7-19)20-10-17-9-13(20)12-4-5-14(16)18-8-12/h4-5,8-11H,2-3,6-7H2,1H3,(H2,16,18). The average Bonchev–Trinajstić information content (AvgIpc) is 3.17. The van der Waals surface area contributed by atoms with E-state index >= 15 is 0 Å². The van der Waals surface area contributed by atoms with Gasteiger partial charge in [-0.05, 0) is 31.9 Å². The quantitative estimate of drug-likeness (QED) is 0.931. The molecule has 0 radical (unpaired) electrons. The van der Waals surface area contributed by atoms with Gasteiger partial charge in [0, 0.05) is 24.8 Å². The molecule has 3 rings (SSSR count). The van der Waals surface area contributed by atoms with Gasteiger partial charge in [-0.3, -0.25) is 4.79 Å². The molecule has 6 heteroatoms. The van der Waals surface area contributed by atoms with Crippen molar-refractivity contribution in [3.05, 3.63) is 30.9 Å². The molecule has 1 fully saturated rings. The van der Waals surface area contributed by atoms with E-state index in [0.29, 0.717) is 5.82 Å². The Balaban J connectivity index is 1.87. The Bertz CT molecular complexity index is 628. The number of pyridine rings is 1. The van der Waals surface area contributed by atoms with Crippen molar-refractivity contribution < 1.29 is 4.79 Å². The van der Waals surface area contributed by atoms with Gasteiger partial charge in [0.25, 0.3) is 0 Å². The van der Waals surface area contributed by atoms with Gasteiger partial charge in [0.05, 0.1) is 18.2 Å². The fourth-order valence-electron chi connectivity index (χ4n) is 2.71. The molecule has 0 aliphatic carbocycles. The minimum atomic E-state index is -0.266. The monoisotopic (exact) mass is 285 g/mol. The number of nitrogen functional groups attached to an aromatic ring is 1. The molecule has 1 amide bonds. The molecule has 6 nitrogen and oxygen atoms in total. The van der Waals surface area contributed by atoms with E-state index in [1.165, 1.54) is 0 Å². The number of anilines is 1. The van der Waals surface area contributed by atoms with E-state index in [2.05, 4.69) is 9.97 Å². The average molecular weight is 285 g/mol. The van der Waals surface area contributed by atoms with E-state index in [0.717, 1.165) is 37.2 Å². The first-order valence-corrected chi connectivity index (χ1v) is 7.19. The van der Waals surface area contributed by atoms with E-state index in [-0.39, 0.29) is 11.9 Å². The zero-order valence-electron chi connectivity index (χ0n) is 12.1. The Morgan fingerprint density at radius 1 is 1.29 bits per heavy atom. The summed E-state index contributed by atoms with van der Waals surface area (Å²) in [6.07, 6.45) is 7.34. The van der Waals surface area contributed by atoms with Crippen molar-refractivity contribution >= 4 is 11.7 Å². The van der Waals surface area contributed by atoms with Crippen LogP contribution in [0.4, 0.5) is 5.82 Å². The first kappa shape index (κ1) is 13.6. The van der Waals surface area contributed by atoms with Gasteiger partial charge in [-0.1, -0.05) is 0 Å². The summed E-state index contributed by atoms with van der Waals surface area (Å²) in [5.74, 6) is 0.626. The van der Waals surface area contributed by atoms with E-state index in [4.69, 9.17) is 5.73 Å². The largest absolute Gasteiger partial charge is 0.384 e. The number of carbonyl (C=O) groups is 1. The van der Waals surface area contributed by atoms with Crippen molar-refractivity contribution in [2.75, 3.05) is 18.8 Å². The zero-order valence-corrected chi connectivity index (χ0v) is 12.1. The summed E-state index contributed by atoms with van der Waals surface area (Å²) in [5.41, 5.74) is 7.40. The lowest BCUT2D eigenvalue weighted by Gasteiger charge is -2.22. The van der Waals surface area contributed by atoms with Crippen molar-refractivity contribution in [2.45, 2.75) is 25.8 Å². The minimum absolute atomic E-state index is 0.148. The molecule has 1 saturated heterocycles. The first-order chi connectivity index (χ1) is 10.2. The normalized spacial score (nSPS) is 16.1. The molecule has 1 unspecified atom stereocenters. The molecule has 2 aromatic rings. The second-order valence-electron chi connectivity index (χ2n) is 5.37.